The number of amides is 1. The Kier molecular flexibility index (Phi) is 5.12. The fourth-order valence-electron chi connectivity index (χ4n) is 1.34. The number of ether oxygens (including phenoxy) is 1. The van der Waals surface area contributed by atoms with Crippen LogP contribution in [0.3, 0.4) is 0 Å². The largest absolute Gasteiger partial charge is 0.494 e. The Morgan fingerprint density at radius 3 is 2.88 bits per heavy atom. The van der Waals surface area contributed by atoms with Crippen molar-refractivity contribution in [2.24, 2.45) is 0 Å². The average Bonchev–Trinajstić information content (AvgIpc) is 2.29. The molecule has 88 valence electrons. The summed E-state index contributed by atoms with van der Waals surface area (Å²) in [6, 6.07) is 7.27. The molecule has 0 saturated heterocycles. The maximum atomic E-state index is 11.5. The van der Waals surface area contributed by atoms with Crippen LogP contribution in [0.4, 0.5) is 0 Å². The van der Waals surface area contributed by atoms with Crippen molar-refractivity contribution < 1.29 is 9.53 Å². The number of halogens is 1. The number of alkyl halides is 1. The van der Waals surface area contributed by atoms with Gasteiger partial charge in [0.1, 0.15) is 11.1 Å². The second-order valence-electron chi connectivity index (χ2n) is 3.26. The summed E-state index contributed by atoms with van der Waals surface area (Å²) in [6.07, 6.45) is 0. The molecular formula is C12H16ClNO2. The van der Waals surface area contributed by atoms with Crippen LogP contribution in [0.2, 0.25) is 0 Å². The van der Waals surface area contributed by atoms with E-state index < -0.39 is 5.38 Å². The number of hydrogen-bond acceptors (Lipinski definition) is 2. The maximum absolute atomic E-state index is 11.5. The van der Waals surface area contributed by atoms with Crippen molar-refractivity contribution in [3.05, 3.63) is 29.8 Å². The molecule has 0 saturated carbocycles. The lowest BCUT2D eigenvalue weighted by atomic mass is 10.1. The van der Waals surface area contributed by atoms with Gasteiger partial charge in [-0.25, -0.2) is 0 Å². The summed E-state index contributed by atoms with van der Waals surface area (Å²) in [5.41, 5.74) is 0.749. The van der Waals surface area contributed by atoms with E-state index in [1.54, 1.807) is 6.07 Å². The van der Waals surface area contributed by atoms with Crippen molar-refractivity contribution in [3.63, 3.8) is 0 Å². The van der Waals surface area contributed by atoms with Crippen molar-refractivity contribution in [2.75, 3.05) is 13.2 Å². The minimum Gasteiger partial charge on any atom is -0.494 e. The zero-order chi connectivity index (χ0) is 12.0. The summed E-state index contributed by atoms with van der Waals surface area (Å²) < 4.78 is 5.35. The molecule has 3 nitrogen and oxygen atoms in total. The number of carbonyl (C=O) groups is 1. The molecule has 16 heavy (non-hydrogen) atoms. The van der Waals surface area contributed by atoms with E-state index in [0.717, 1.165) is 11.3 Å². The van der Waals surface area contributed by atoms with Gasteiger partial charge in [-0.2, -0.15) is 0 Å². The van der Waals surface area contributed by atoms with Gasteiger partial charge in [0.15, 0.2) is 0 Å². The van der Waals surface area contributed by atoms with Crippen LogP contribution >= 0.6 is 11.6 Å². The summed E-state index contributed by atoms with van der Waals surface area (Å²) in [4.78, 5) is 11.5. The number of nitrogens with one attached hydrogen (secondary N) is 1. The van der Waals surface area contributed by atoms with Crippen molar-refractivity contribution in [1.82, 2.24) is 5.32 Å². The predicted octanol–water partition coefficient (Wildman–Crippen LogP) is 2.50. The number of likely N-dealkylation sites (N-methyl/N-ethyl adjacent to an activating group) is 1. The van der Waals surface area contributed by atoms with Gasteiger partial charge in [0.25, 0.3) is 0 Å². The average molecular weight is 242 g/mol. The first-order valence-electron chi connectivity index (χ1n) is 5.33. The molecule has 0 aromatic heterocycles. The van der Waals surface area contributed by atoms with Crippen LogP contribution in [0.1, 0.15) is 24.8 Å². The molecule has 0 heterocycles. The van der Waals surface area contributed by atoms with E-state index in [0.29, 0.717) is 13.2 Å². The molecule has 1 atom stereocenters. The fourth-order valence-corrected chi connectivity index (χ4v) is 1.56. The Balaban J connectivity index is 2.78. The summed E-state index contributed by atoms with van der Waals surface area (Å²) in [5, 5.41) is 2.02. The quantitative estimate of drug-likeness (QED) is 0.805. The standard InChI is InChI=1S/C12H16ClNO2/c1-3-14-12(15)11(13)9-6-5-7-10(8-9)16-4-2/h5-8,11H,3-4H2,1-2H3,(H,14,15). The molecule has 1 aromatic rings. The van der Waals surface area contributed by atoms with Crippen LogP contribution in [-0.4, -0.2) is 19.1 Å². The van der Waals surface area contributed by atoms with Crippen LogP contribution in [-0.2, 0) is 4.79 Å². The van der Waals surface area contributed by atoms with Crippen LogP contribution in [0.15, 0.2) is 24.3 Å². The lowest BCUT2D eigenvalue weighted by molar-refractivity contribution is -0.120. The van der Waals surface area contributed by atoms with E-state index in [-0.39, 0.29) is 5.91 Å². The highest BCUT2D eigenvalue weighted by atomic mass is 35.5. The Hall–Kier alpha value is -1.22. The third kappa shape index (κ3) is 3.42. The molecule has 4 heteroatoms. The van der Waals surface area contributed by atoms with Gasteiger partial charge in [0, 0.05) is 6.54 Å². The van der Waals surface area contributed by atoms with E-state index in [1.807, 2.05) is 32.0 Å². The summed E-state index contributed by atoms with van der Waals surface area (Å²) in [5.74, 6) is 0.549. The van der Waals surface area contributed by atoms with Crippen molar-refractivity contribution in [3.8, 4) is 5.75 Å². The molecule has 0 spiro atoms. The second-order valence-corrected chi connectivity index (χ2v) is 3.70. The van der Waals surface area contributed by atoms with Crippen molar-refractivity contribution in [1.29, 1.82) is 0 Å². The van der Waals surface area contributed by atoms with Crippen LogP contribution in [0.5, 0.6) is 5.75 Å². The molecule has 0 bridgehead atoms. The smallest absolute Gasteiger partial charge is 0.242 e. The summed E-state index contributed by atoms with van der Waals surface area (Å²) in [6.45, 7) is 4.94. The van der Waals surface area contributed by atoms with Gasteiger partial charge >= 0.3 is 0 Å². The zero-order valence-corrected chi connectivity index (χ0v) is 10.3. The van der Waals surface area contributed by atoms with Gasteiger partial charge in [-0.15, -0.1) is 11.6 Å². The van der Waals surface area contributed by atoms with Gasteiger partial charge in [-0.3, -0.25) is 4.79 Å². The van der Waals surface area contributed by atoms with E-state index in [1.165, 1.54) is 0 Å². The Morgan fingerprint density at radius 1 is 1.50 bits per heavy atom. The van der Waals surface area contributed by atoms with E-state index in [9.17, 15) is 4.79 Å². The minimum atomic E-state index is -0.666. The molecule has 1 N–H and O–H groups in total. The first-order valence-corrected chi connectivity index (χ1v) is 5.77. The van der Waals surface area contributed by atoms with E-state index >= 15 is 0 Å². The minimum absolute atomic E-state index is 0.183. The number of hydrogen-bond donors (Lipinski definition) is 1. The van der Waals surface area contributed by atoms with Gasteiger partial charge in [-0.05, 0) is 31.5 Å². The molecular weight excluding hydrogens is 226 g/mol. The molecule has 0 fully saturated rings. The van der Waals surface area contributed by atoms with Gasteiger partial charge in [0.05, 0.1) is 6.61 Å². The third-order valence-electron chi connectivity index (χ3n) is 2.04. The molecule has 1 amide bonds. The van der Waals surface area contributed by atoms with E-state index in [2.05, 4.69) is 5.32 Å². The monoisotopic (exact) mass is 241 g/mol. The topological polar surface area (TPSA) is 38.3 Å². The number of benzene rings is 1. The van der Waals surface area contributed by atoms with E-state index in [4.69, 9.17) is 16.3 Å². The molecule has 0 aliphatic rings. The highest BCUT2D eigenvalue weighted by Gasteiger charge is 2.16. The number of rotatable bonds is 5. The Morgan fingerprint density at radius 2 is 2.25 bits per heavy atom. The first kappa shape index (κ1) is 12.8. The SMILES string of the molecule is CCNC(=O)C(Cl)c1cccc(OCC)c1. The highest BCUT2D eigenvalue weighted by Crippen LogP contribution is 2.24. The highest BCUT2D eigenvalue weighted by molar-refractivity contribution is 6.30. The van der Waals surface area contributed by atoms with Crippen LogP contribution < -0.4 is 10.1 Å². The van der Waals surface area contributed by atoms with Crippen LogP contribution in [0.25, 0.3) is 0 Å². The predicted molar refractivity (Wildman–Crippen MR) is 64.9 cm³/mol. The molecule has 1 rings (SSSR count). The zero-order valence-electron chi connectivity index (χ0n) is 9.50. The Bertz CT molecular complexity index is 355. The molecule has 1 unspecified atom stereocenters. The fraction of sp³-hybridized carbons (Fsp3) is 0.417. The Labute approximate surface area is 101 Å². The van der Waals surface area contributed by atoms with Gasteiger partial charge < -0.3 is 10.1 Å². The van der Waals surface area contributed by atoms with Crippen LogP contribution in [0, 0.1) is 0 Å². The summed E-state index contributed by atoms with van der Waals surface area (Å²) >= 11 is 6.04. The van der Waals surface area contributed by atoms with Gasteiger partial charge in [-0.1, -0.05) is 12.1 Å². The number of carbonyl (C=O) groups excluding carboxylic acids is 1. The molecule has 0 aliphatic carbocycles. The van der Waals surface area contributed by atoms with Gasteiger partial charge in [0.2, 0.25) is 5.91 Å². The maximum Gasteiger partial charge on any atom is 0.242 e. The third-order valence-corrected chi connectivity index (χ3v) is 2.49. The molecule has 1 aromatic carbocycles. The molecule has 0 radical (unpaired) electrons. The van der Waals surface area contributed by atoms with Crippen molar-refractivity contribution in [2.45, 2.75) is 19.2 Å². The molecule has 0 aliphatic heterocycles. The normalized spacial score (nSPS) is 11.9. The summed E-state index contributed by atoms with van der Waals surface area (Å²) in [7, 11) is 0. The lowest BCUT2D eigenvalue weighted by Crippen LogP contribution is -2.26. The van der Waals surface area contributed by atoms with Crippen molar-refractivity contribution >= 4 is 17.5 Å². The second kappa shape index (κ2) is 6.38. The lowest BCUT2D eigenvalue weighted by Gasteiger charge is -2.11. The first-order chi connectivity index (χ1) is 7.69.